The van der Waals surface area contributed by atoms with Crippen molar-refractivity contribution in [2.75, 3.05) is 47.0 Å². The Labute approximate surface area is 197 Å². The Kier molecular flexibility index (Phi) is 12.0. The Bertz CT molecular complexity index is 749. The summed E-state index contributed by atoms with van der Waals surface area (Å²) in [6.07, 6.45) is -6.92. The molecule has 2 fully saturated rings. The van der Waals surface area contributed by atoms with E-state index in [1.807, 2.05) is 13.2 Å². The van der Waals surface area contributed by atoms with Crippen LogP contribution in [-0.4, -0.2) is 103 Å². The molecule has 9 nitrogen and oxygen atoms in total. The van der Waals surface area contributed by atoms with E-state index in [0.717, 1.165) is 51.5 Å². The SMILES string of the molecule is COCCN1C[C@@H]2[C@@H](OC)CCN(Cc3ccco3)[C@@H]2C1.O=C(O)C(F)(F)F.O=C(O)C(F)(F)F. The van der Waals surface area contributed by atoms with Crippen molar-refractivity contribution in [1.29, 1.82) is 0 Å². The molecular formula is C20H28F6N2O7. The zero-order chi connectivity index (χ0) is 26.8. The second-order valence-electron chi connectivity index (χ2n) is 7.70. The summed E-state index contributed by atoms with van der Waals surface area (Å²) in [4.78, 5) is 22.9. The van der Waals surface area contributed by atoms with E-state index in [4.69, 9.17) is 33.7 Å². The van der Waals surface area contributed by atoms with Crippen LogP contribution >= 0.6 is 0 Å². The van der Waals surface area contributed by atoms with Crippen LogP contribution in [-0.2, 0) is 25.6 Å². The van der Waals surface area contributed by atoms with Crippen LogP contribution < -0.4 is 0 Å². The third kappa shape index (κ3) is 10.4. The summed E-state index contributed by atoms with van der Waals surface area (Å²) in [6, 6.07) is 4.59. The first-order valence-corrected chi connectivity index (χ1v) is 10.3. The Hall–Kier alpha value is -2.36. The first-order valence-electron chi connectivity index (χ1n) is 10.3. The number of nitrogens with zero attached hydrogens (tertiary/aromatic N) is 2. The van der Waals surface area contributed by atoms with Gasteiger partial charge in [0.1, 0.15) is 5.76 Å². The van der Waals surface area contributed by atoms with E-state index >= 15 is 0 Å². The quantitative estimate of drug-likeness (QED) is 0.545. The molecule has 0 radical (unpaired) electrons. The minimum Gasteiger partial charge on any atom is -0.475 e. The lowest BCUT2D eigenvalue weighted by molar-refractivity contribution is -0.193. The summed E-state index contributed by atoms with van der Waals surface area (Å²) in [5.74, 6) is -3.87. The van der Waals surface area contributed by atoms with Crippen LogP contribution in [0.2, 0.25) is 0 Å². The predicted octanol–water partition coefficient (Wildman–Crippen LogP) is 2.71. The van der Waals surface area contributed by atoms with Gasteiger partial charge in [-0.05, 0) is 18.6 Å². The maximum atomic E-state index is 10.6. The zero-order valence-corrected chi connectivity index (χ0v) is 19.0. The Morgan fingerprint density at radius 3 is 2.09 bits per heavy atom. The van der Waals surface area contributed by atoms with Gasteiger partial charge in [-0.15, -0.1) is 0 Å². The fourth-order valence-electron chi connectivity index (χ4n) is 3.81. The second-order valence-corrected chi connectivity index (χ2v) is 7.70. The highest BCUT2D eigenvalue weighted by molar-refractivity contribution is 5.73. The van der Waals surface area contributed by atoms with Gasteiger partial charge in [0, 0.05) is 52.4 Å². The second kappa shape index (κ2) is 13.7. The molecule has 1 aromatic heterocycles. The number of aliphatic carboxylic acids is 2. The number of carboxylic acids is 2. The van der Waals surface area contributed by atoms with Gasteiger partial charge in [-0.25, -0.2) is 9.59 Å². The van der Waals surface area contributed by atoms with Crippen LogP contribution in [0.15, 0.2) is 22.8 Å². The fourth-order valence-corrected chi connectivity index (χ4v) is 3.81. The van der Waals surface area contributed by atoms with Gasteiger partial charge in [-0.3, -0.25) is 9.80 Å². The van der Waals surface area contributed by atoms with Crippen molar-refractivity contribution in [3.05, 3.63) is 24.2 Å². The van der Waals surface area contributed by atoms with Crippen LogP contribution in [0.1, 0.15) is 12.2 Å². The lowest BCUT2D eigenvalue weighted by Crippen LogP contribution is -2.50. The molecule has 3 atom stereocenters. The van der Waals surface area contributed by atoms with Gasteiger partial charge in [0.2, 0.25) is 0 Å². The Balaban J connectivity index is 0.000000362. The van der Waals surface area contributed by atoms with Gasteiger partial charge < -0.3 is 24.1 Å². The molecule has 35 heavy (non-hydrogen) atoms. The van der Waals surface area contributed by atoms with Gasteiger partial charge in [0.15, 0.2) is 0 Å². The van der Waals surface area contributed by atoms with Crippen molar-refractivity contribution in [2.24, 2.45) is 5.92 Å². The summed E-state index contributed by atoms with van der Waals surface area (Å²) in [7, 11) is 3.62. The molecule has 15 heteroatoms. The number of ether oxygens (including phenoxy) is 2. The highest BCUT2D eigenvalue weighted by Crippen LogP contribution is 2.33. The van der Waals surface area contributed by atoms with Crippen LogP contribution in [0.4, 0.5) is 26.3 Å². The molecule has 0 unspecified atom stereocenters. The molecule has 2 aliphatic heterocycles. The van der Waals surface area contributed by atoms with Gasteiger partial charge in [-0.2, -0.15) is 26.3 Å². The van der Waals surface area contributed by atoms with E-state index in [1.165, 1.54) is 0 Å². The minimum absolute atomic E-state index is 0.385. The highest BCUT2D eigenvalue weighted by Gasteiger charge is 2.44. The number of hydrogen-bond acceptors (Lipinski definition) is 7. The lowest BCUT2D eigenvalue weighted by atomic mass is 9.89. The van der Waals surface area contributed by atoms with Crippen molar-refractivity contribution < 1.29 is 60.0 Å². The van der Waals surface area contributed by atoms with E-state index in [9.17, 15) is 26.3 Å². The number of rotatable bonds is 6. The third-order valence-corrected chi connectivity index (χ3v) is 5.39. The summed E-state index contributed by atoms with van der Waals surface area (Å²) in [6.45, 7) is 6.01. The maximum Gasteiger partial charge on any atom is 0.490 e. The number of furan rings is 1. The van der Waals surface area contributed by atoms with Crippen molar-refractivity contribution in [2.45, 2.75) is 37.5 Å². The number of fused-ring (bicyclic) bond motifs is 1. The average Bonchev–Trinajstić information content (AvgIpc) is 3.42. The number of piperidine rings is 1. The number of methoxy groups -OCH3 is 2. The van der Waals surface area contributed by atoms with Gasteiger partial charge in [-0.1, -0.05) is 0 Å². The molecule has 2 aliphatic rings. The zero-order valence-electron chi connectivity index (χ0n) is 19.0. The average molecular weight is 522 g/mol. The van der Waals surface area contributed by atoms with Gasteiger partial charge >= 0.3 is 24.3 Å². The van der Waals surface area contributed by atoms with E-state index < -0.39 is 24.3 Å². The van der Waals surface area contributed by atoms with Crippen molar-refractivity contribution in [1.82, 2.24) is 9.80 Å². The van der Waals surface area contributed by atoms with E-state index in [-0.39, 0.29) is 0 Å². The van der Waals surface area contributed by atoms with Crippen LogP contribution in [0.5, 0.6) is 0 Å². The van der Waals surface area contributed by atoms with E-state index in [2.05, 4.69) is 15.9 Å². The van der Waals surface area contributed by atoms with E-state index in [1.54, 1.807) is 13.4 Å². The molecule has 0 spiro atoms. The van der Waals surface area contributed by atoms with E-state index in [0.29, 0.717) is 18.1 Å². The molecule has 202 valence electrons. The number of carbonyl (C=O) groups is 2. The molecule has 1 aromatic rings. The predicted molar refractivity (Wildman–Crippen MR) is 108 cm³/mol. The van der Waals surface area contributed by atoms with Crippen LogP contribution in [0.25, 0.3) is 0 Å². The molecule has 3 rings (SSSR count). The minimum atomic E-state index is -5.08. The molecule has 3 heterocycles. The van der Waals surface area contributed by atoms with Crippen molar-refractivity contribution in [3.8, 4) is 0 Å². The van der Waals surface area contributed by atoms with Crippen molar-refractivity contribution >= 4 is 11.9 Å². The molecule has 0 saturated carbocycles. The lowest BCUT2D eigenvalue weighted by Gasteiger charge is -2.40. The normalized spacial score (nSPS) is 22.9. The summed E-state index contributed by atoms with van der Waals surface area (Å²) in [5.41, 5.74) is 0. The smallest absolute Gasteiger partial charge is 0.475 e. The monoisotopic (exact) mass is 522 g/mol. The summed E-state index contributed by atoms with van der Waals surface area (Å²) in [5, 5.41) is 14.2. The molecular weight excluding hydrogens is 494 g/mol. The molecule has 0 aliphatic carbocycles. The topological polar surface area (TPSA) is 113 Å². The first kappa shape index (κ1) is 30.7. The van der Waals surface area contributed by atoms with Crippen LogP contribution in [0, 0.1) is 5.92 Å². The molecule has 0 amide bonds. The van der Waals surface area contributed by atoms with Gasteiger partial charge in [0.25, 0.3) is 0 Å². The Morgan fingerprint density at radius 2 is 1.66 bits per heavy atom. The molecule has 0 bridgehead atoms. The number of halogens is 6. The van der Waals surface area contributed by atoms with Gasteiger partial charge in [0.05, 0.1) is 25.5 Å². The highest BCUT2D eigenvalue weighted by atomic mass is 19.4. The van der Waals surface area contributed by atoms with Crippen molar-refractivity contribution in [3.63, 3.8) is 0 Å². The maximum absolute atomic E-state index is 10.6. The molecule has 2 saturated heterocycles. The fraction of sp³-hybridized carbons (Fsp3) is 0.700. The molecule has 0 aromatic carbocycles. The summed E-state index contributed by atoms with van der Waals surface area (Å²) < 4.78 is 79.9. The van der Waals surface area contributed by atoms with Crippen LogP contribution in [0.3, 0.4) is 0 Å². The number of carboxylic acid groups (broad SMARTS) is 2. The first-order chi connectivity index (χ1) is 16.2. The number of alkyl halides is 6. The number of likely N-dealkylation sites (tertiary alicyclic amines) is 2. The Morgan fingerprint density at radius 1 is 1.09 bits per heavy atom. The number of hydrogen-bond donors (Lipinski definition) is 2. The summed E-state index contributed by atoms with van der Waals surface area (Å²) >= 11 is 0. The largest absolute Gasteiger partial charge is 0.490 e. The molecule has 2 N–H and O–H groups in total. The third-order valence-electron chi connectivity index (χ3n) is 5.39. The standard InChI is InChI=1S/C16H26N2O3.2C2HF3O2/c1-19-9-7-17-11-14-15(12-17)18(6-5-16(14)20-2)10-13-4-3-8-21-13;2*3-2(4,5)1(6)7/h3-4,8,14-16H,5-7,9-12H2,1-2H3;2*(H,6,7)/t14-,15+,16-;;/m0../s1.